The van der Waals surface area contributed by atoms with Crippen molar-refractivity contribution in [3.05, 3.63) is 28.2 Å². The molecule has 1 saturated carbocycles. The molecule has 10 nitrogen and oxygen atoms in total. The molecule has 1 aliphatic heterocycles. The molecule has 2 aromatic rings. The Kier molecular flexibility index (Phi) is 5.80. The second-order valence-electron chi connectivity index (χ2n) is 8.77. The smallest absolute Gasteiger partial charge is 0.279 e. The van der Waals surface area contributed by atoms with Gasteiger partial charge in [-0.25, -0.2) is 9.71 Å². The molecule has 2 aromatic heterocycles. The molecule has 1 aliphatic carbocycles. The zero-order chi connectivity index (χ0) is 22.4. The van der Waals surface area contributed by atoms with Gasteiger partial charge in [0.25, 0.3) is 15.8 Å². The first-order chi connectivity index (χ1) is 14.6. The lowest BCUT2D eigenvalue weighted by molar-refractivity contribution is 0.0266. The Bertz CT molecular complexity index is 1140. The predicted octanol–water partition coefficient (Wildman–Crippen LogP) is 0.916. The number of piperidine rings is 1. The minimum absolute atomic E-state index is 0.0287. The van der Waals surface area contributed by atoms with Gasteiger partial charge in [-0.3, -0.25) is 9.36 Å². The zero-order valence-electron chi connectivity index (χ0n) is 18.1. The van der Waals surface area contributed by atoms with E-state index in [4.69, 9.17) is 0 Å². The average molecular weight is 451 g/mol. The van der Waals surface area contributed by atoms with Gasteiger partial charge in [0, 0.05) is 43.3 Å². The quantitative estimate of drug-likeness (QED) is 0.617. The summed E-state index contributed by atoms with van der Waals surface area (Å²) in [4.78, 5) is 22.1. The van der Waals surface area contributed by atoms with E-state index in [0.29, 0.717) is 49.5 Å². The Morgan fingerprint density at radius 3 is 2.58 bits per heavy atom. The Hall–Kier alpha value is -2.08. The van der Waals surface area contributed by atoms with E-state index in [-0.39, 0.29) is 17.6 Å². The summed E-state index contributed by atoms with van der Waals surface area (Å²) in [6.45, 7) is 4.35. The highest BCUT2D eigenvalue weighted by atomic mass is 32.2. The minimum atomic E-state index is -3.42. The fraction of sp³-hybridized carbons (Fsp3) is 0.650. The van der Waals surface area contributed by atoms with E-state index in [1.807, 2.05) is 0 Å². The van der Waals surface area contributed by atoms with Gasteiger partial charge in [0.15, 0.2) is 0 Å². The summed E-state index contributed by atoms with van der Waals surface area (Å²) < 4.78 is 29.3. The van der Waals surface area contributed by atoms with Crippen molar-refractivity contribution < 1.29 is 13.5 Å². The maximum Gasteiger partial charge on any atom is 0.279 e. The monoisotopic (exact) mass is 450 g/mol. The highest BCUT2D eigenvalue weighted by Gasteiger charge is 2.39. The molecule has 1 saturated heterocycles. The van der Waals surface area contributed by atoms with Crippen LogP contribution >= 0.6 is 0 Å². The Balaban J connectivity index is 1.62. The molecule has 31 heavy (non-hydrogen) atoms. The summed E-state index contributed by atoms with van der Waals surface area (Å²) in [5, 5.41) is 14.9. The van der Waals surface area contributed by atoms with E-state index in [0.717, 1.165) is 18.2 Å². The zero-order valence-corrected chi connectivity index (χ0v) is 18.9. The van der Waals surface area contributed by atoms with Crippen LogP contribution in [0.25, 0.3) is 11.0 Å². The molecule has 2 unspecified atom stereocenters. The summed E-state index contributed by atoms with van der Waals surface area (Å²) in [5.41, 5.74) is -0.00245. The van der Waals surface area contributed by atoms with Gasteiger partial charge in [-0.2, -0.15) is 17.7 Å². The number of aliphatic hydroxyl groups is 1. The number of hydrogen-bond acceptors (Lipinski definition) is 7. The highest BCUT2D eigenvalue weighted by molar-refractivity contribution is 7.87. The van der Waals surface area contributed by atoms with Crippen molar-refractivity contribution in [3.8, 4) is 0 Å². The van der Waals surface area contributed by atoms with Crippen LogP contribution in [-0.4, -0.2) is 64.1 Å². The largest absolute Gasteiger partial charge is 0.388 e. The fourth-order valence-corrected chi connectivity index (χ4v) is 5.66. The molecule has 2 aliphatic rings. The summed E-state index contributed by atoms with van der Waals surface area (Å²) in [6.07, 6.45) is 5.16. The molecule has 0 spiro atoms. The summed E-state index contributed by atoms with van der Waals surface area (Å²) in [5.74, 6) is 0.400. The van der Waals surface area contributed by atoms with Crippen molar-refractivity contribution in [1.29, 1.82) is 0 Å². The molecule has 0 radical (unpaired) electrons. The maximum atomic E-state index is 13.0. The van der Waals surface area contributed by atoms with Crippen molar-refractivity contribution in [1.82, 2.24) is 23.6 Å². The van der Waals surface area contributed by atoms with Crippen molar-refractivity contribution >= 4 is 27.2 Å². The van der Waals surface area contributed by atoms with Gasteiger partial charge < -0.3 is 10.4 Å². The van der Waals surface area contributed by atoms with Gasteiger partial charge in [-0.15, -0.1) is 0 Å². The summed E-state index contributed by atoms with van der Waals surface area (Å²) in [7, 11) is -2.01. The molecular weight excluding hydrogens is 420 g/mol. The van der Waals surface area contributed by atoms with Crippen LogP contribution in [0.4, 0.5) is 5.95 Å². The summed E-state index contributed by atoms with van der Waals surface area (Å²) >= 11 is 0. The van der Waals surface area contributed by atoms with Crippen molar-refractivity contribution in [2.45, 2.75) is 63.6 Å². The van der Waals surface area contributed by atoms with Crippen LogP contribution in [0, 0.1) is 6.92 Å². The van der Waals surface area contributed by atoms with Gasteiger partial charge in [-0.1, -0.05) is 0 Å². The van der Waals surface area contributed by atoms with Crippen molar-refractivity contribution in [3.63, 3.8) is 0 Å². The van der Waals surface area contributed by atoms with Gasteiger partial charge in [0.1, 0.15) is 5.65 Å². The lowest BCUT2D eigenvalue weighted by Crippen LogP contribution is -2.46. The molecule has 0 bridgehead atoms. The first-order valence-electron chi connectivity index (χ1n) is 10.7. The van der Waals surface area contributed by atoms with E-state index in [1.165, 1.54) is 11.4 Å². The van der Waals surface area contributed by atoms with E-state index < -0.39 is 15.8 Å². The van der Waals surface area contributed by atoms with Crippen LogP contribution < -0.4 is 15.6 Å². The topological polar surface area (TPSA) is 129 Å². The number of aromatic nitrogens is 3. The number of nitrogens with zero attached hydrogens (tertiary/aromatic N) is 4. The number of anilines is 1. The van der Waals surface area contributed by atoms with Crippen LogP contribution in [0.2, 0.25) is 0 Å². The Morgan fingerprint density at radius 1 is 1.26 bits per heavy atom. The normalized spacial score (nSPS) is 25.9. The van der Waals surface area contributed by atoms with Gasteiger partial charge in [0.05, 0.1) is 11.6 Å². The molecule has 0 amide bonds. The van der Waals surface area contributed by atoms with E-state index in [1.54, 1.807) is 30.7 Å². The number of aryl methyl sites for hydroxylation is 1. The number of rotatable bonds is 5. The van der Waals surface area contributed by atoms with E-state index in [9.17, 15) is 18.3 Å². The second kappa shape index (κ2) is 8.12. The van der Waals surface area contributed by atoms with Gasteiger partial charge >= 0.3 is 0 Å². The lowest BCUT2D eigenvalue weighted by Gasteiger charge is -2.31. The summed E-state index contributed by atoms with van der Waals surface area (Å²) in [6, 6.07) is 1.48. The van der Waals surface area contributed by atoms with Crippen LogP contribution in [0.5, 0.6) is 0 Å². The second-order valence-corrected chi connectivity index (χ2v) is 10.6. The first kappa shape index (κ1) is 22.1. The standard InChI is InChI=1S/C20H30N6O4S/c1-13-11-14-12-22-19(23-15-6-9-25(10-7-15)31(29,30)21-3)24-17(14)26(18(13)27)16-5-4-8-20(16,2)28/h11-12,15-16,21,28H,4-10H2,1-3H3,(H,22,23,24). The third-order valence-corrected chi connectivity index (χ3v) is 8.09. The highest BCUT2D eigenvalue weighted by Crippen LogP contribution is 2.39. The van der Waals surface area contributed by atoms with Gasteiger partial charge in [-0.05, 0) is 52.0 Å². The maximum absolute atomic E-state index is 13.0. The van der Waals surface area contributed by atoms with Crippen LogP contribution in [0.3, 0.4) is 0 Å². The molecule has 2 fully saturated rings. The number of pyridine rings is 1. The molecule has 3 N–H and O–H groups in total. The predicted molar refractivity (Wildman–Crippen MR) is 118 cm³/mol. The van der Waals surface area contributed by atoms with E-state index in [2.05, 4.69) is 20.0 Å². The van der Waals surface area contributed by atoms with Crippen molar-refractivity contribution in [2.75, 3.05) is 25.5 Å². The number of nitrogens with one attached hydrogen (secondary N) is 2. The number of fused-ring (bicyclic) bond motifs is 1. The molecule has 170 valence electrons. The Labute approximate surface area is 181 Å². The molecule has 2 atom stereocenters. The van der Waals surface area contributed by atoms with Crippen molar-refractivity contribution in [2.24, 2.45) is 0 Å². The third kappa shape index (κ3) is 4.19. The molecule has 3 heterocycles. The van der Waals surface area contributed by atoms with Crippen LogP contribution in [0.1, 0.15) is 50.6 Å². The third-order valence-electron chi connectivity index (χ3n) is 6.53. The van der Waals surface area contributed by atoms with Crippen LogP contribution in [-0.2, 0) is 10.2 Å². The molecular formula is C20H30N6O4S. The minimum Gasteiger partial charge on any atom is -0.388 e. The molecule has 0 aromatic carbocycles. The number of hydrogen-bond donors (Lipinski definition) is 3. The molecule has 4 rings (SSSR count). The van der Waals surface area contributed by atoms with Crippen LogP contribution in [0.15, 0.2) is 17.1 Å². The fourth-order valence-electron chi connectivity index (χ4n) is 4.71. The average Bonchev–Trinajstić information content (AvgIpc) is 3.08. The first-order valence-corrected chi connectivity index (χ1v) is 12.1. The molecule has 11 heteroatoms. The lowest BCUT2D eigenvalue weighted by atomic mass is 9.99. The van der Waals surface area contributed by atoms with E-state index >= 15 is 0 Å². The van der Waals surface area contributed by atoms with Gasteiger partial charge in [0.2, 0.25) is 5.95 Å². The SMILES string of the molecule is CNS(=O)(=O)N1CCC(Nc2ncc3cc(C)c(=O)n(C4CCCC4(C)O)c3n2)CC1. The Morgan fingerprint density at radius 2 is 1.97 bits per heavy atom.